The standard InChI is InChI=1S/C48H58ClN5O7S/c1-5-6-7-8-9-10-11-12-13-14-15-16-17-23-30-62(60,61)52-33-28-29-37(49)38(31-33)50-45(57)42(54-46(58)48(3,4)51-47(54)59)44(56)39-32(2)53(34-24-19-18-20-25-34)41-35-26-21-22-27-36(35)43(55)40(39)41/h18-22,24-29,31,42,52H,5-17,23,30H2,1-4H3,(H,50,57)(H,51,59). The minimum Gasteiger partial charge on any atom is -0.324 e. The third-order valence-electron chi connectivity index (χ3n) is 11.7. The average molecular weight is 885 g/mol. The number of ketones is 2. The number of carbonyl (C=O) groups is 5. The first-order valence-corrected chi connectivity index (χ1v) is 24.0. The summed E-state index contributed by atoms with van der Waals surface area (Å²) in [7, 11) is -3.77. The molecule has 2 aliphatic rings. The molecule has 1 fully saturated rings. The van der Waals surface area contributed by atoms with Crippen molar-refractivity contribution >= 4 is 62.4 Å². The Balaban J connectivity index is 1.17. The molecule has 14 heteroatoms. The molecule has 4 amide bonds. The van der Waals surface area contributed by atoms with Gasteiger partial charge in [-0.15, -0.1) is 0 Å². The summed E-state index contributed by atoms with van der Waals surface area (Å²) in [5.74, 6) is -3.43. The summed E-state index contributed by atoms with van der Waals surface area (Å²) in [6.07, 6.45) is 16.1. The number of hydrogen-bond acceptors (Lipinski definition) is 7. The molecule has 3 aromatic carbocycles. The van der Waals surface area contributed by atoms with Crippen LogP contribution in [0.2, 0.25) is 5.02 Å². The van der Waals surface area contributed by atoms with Gasteiger partial charge in [-0.1, -0.05) is 144 Å². The van der Waals surface area contributed by atoms with E-state index in [-0.39, 0.29) is 33.3 Å². The number of amides is 4. The van der Waals surface area contributed by atoms with Crippen LogP contribution < -0.4 is 15.4 Å². The number of imide groups is 1. The van der Waals surface area contributed by atoms with Crippen molar-refractivity contribution in [1.82, 2.24) is 14.8 Å². The van der Waals surface area contributed by atoms with Crippen LogP contribution in [-0.4, -0.2) is 64.6 Å². The van der Waals surface area contributed by atoms with Gasteiger partial charge in [-0.3, -0.25) is 23.9 Å². The van der Waals surface area contributed by atoms with Gasteiger partial charge in [-0.2, -0.15) is 0 Å². The zero-order valence-corrected chi connectivity index (χ0v) is 37.7. The Hall–Kier alpha value is -5.27. The summed E-state index contributed by atoms with van der Waals surface area (Å²) < 4.78 is 30.6. The van der Waals surface area contributed by atoms with E-state index in [0.717, 1.165) is 25.7 Å². The highest BCUT2D eigenvalue weighted by molar-refractivity contribution is 7.92. The molecule has 2 heterocycles. The Morgan fingerprint density at radius 1 is 0.774 bits per heavy atom. The molecule has 1 unspecified atom stereocenters. The van der Waals surface area contributed by atoms with Gasteiger partial charge >= 0.3 is 6.03 Å². The van der Waals surface area contributed by atoms with Crippen molar-refractivity contribution in [3.63, 3.8) is 0 Å². The number of halogens is 1. The number of para-hydroxylation sites is 1. The molecular weight excluding hydrogens is 826 g/mol. The highest BCUT2D eigenvalue weighted by Crippen LogP contribution is 2.44. The summed E-state index contributed by atoms with van der Waals surface area (Å²) in [6, 6.07) is 17.1. The molecule has 62 heavy (non-hydrogen) atoms. The minimum absolute atomic E-state index is 0.00920. The van der Waals surface area contributed by atoms with Crippen molar-refractivity contribution in [1.29, 1.82) is 0 Å². The molecule has 1 aliphatic carbocycles. The molecule has 0 bridgehead atoms. The number of anilines is 2. The van der Waals surface area contributed by atoms with Crippen molar-refractivity contribution in [3.05, 3.63) is 100 Å². The second-order valence-electron chi connectivity index (χ2n) is 16.9. The van der Waals surface area contributed by atoms with Crippen LogP contribution in [0.5, 0.6) is 0 Å². The molecule has 0 saturated carbocycles. The highest BCUT2D eigenvalue weighted by Gasteiger charge is 2.53. The number of urea groups is 1. The van der Waals surface area contributed by atoms with E-state index in [9.17, 15) is 27.6 Å². The maximum Gasteiger partial charge on any atom is 0.326 e. The first-order valence-electron chi connectivity index (χ1n) is 21.9. The fraction of sp³-hybridized carbons (Fsp3) is 0.438. The van der Waals surface area contributed by atoms with Gasteiger partial charge in [0, 0.05) is 22.5 Å². The third-order valence-corrected chi connectivity index (χ3v) is 13.4. The van der Waals surface area contributed by atoms with Crippen molar-refractivity contribution in [2.24, 2.45) is 0 Å². The Kier molecular flexibility index (Phi) is 15.1. The van der Waals surface area contributed by atoms with Crippen LogP contribution >= 0.6 is 11.6 Å². The quantitative estimate of drug-likeness (QED) is 0.0254. The lowest BCUT2D eigenvalue weighted by Gasteiger charge is -2.25. The summed E-state index contributed by atoms with van der Waals surface area (Å²) in [6.45, 7) is 6.78. The smallest absolute Gasteiger partial charge is 0.324 e. The van der Waals surface area contributed by atoms with Crippen LogP contribution in [0.1, 0.15) is 143 Å². The molecule has 3 N–H and O–H groups in total. The number of sulfonamides is 1. The van der Waals surface area contributed by atoms with Crippen molar-refractivity contribution < 1.29 is 32.4 Å². The predicted octanol–water partition coefficient (Wildman–Crippen LogP) is 10.4. The fourth-order valence-corrected chi connectivity index (χ4v) is 9.83. The van der Waals surface area contributed by atoms with Crippen LogP contribution in [0.25, 0.3) is 16.9 Å². The number of nitrogens with one attached hydrogen (secondary N) is 3. The highest BCUT2D eigenvalue weighted by atomic mass is 35.5. The molecule has 0 radical (unpaired) electrons. The van der Waals surface area contributed by atoms with Gasteiger partial charge in [0.2, 0.25) is 10.0 Å². The lowest BCUT2D eigenvalue weighted by Crippen LogP contribution is -2.53. The zero-order chi connectivity index (χ0) is 44.6. The molecule has 12 nitrogen and oxygen atoms in total. The summed E-state index contributed by atoms with van der Waals surface area (Å²) in [4.78, 5) is 71.7. The van der Waals surface area contributed by atoms with Gasteiger partial charge in [0.15, 0.2) is 17.6 Å². The third kappa shape index (κ3) is 10.3. The van der Waals surface area contributed by atoms with Gasteiger partial charge in [0.05, 0.1) is 39.0 Å². The molecule has 0 spiro atoms. The lowest BCUT2D eigenvalue weighted by atomic mass is 9.95. The average Bonchev–Trinajstić information content (AvgIpc) is 3.77. The zero-order valence-electron chi connectivity index (χ0n) is 36.2. The van der Waals surface area contributed by atoms with Crippen molar-refractivity contribution in [2.75, 3.05) is 15.8 Å². The number of Topliss-reactive ketones (excluding diaryl/α,β-unsaturated/α-hetero) is 1. The molecule has 4 aromatic rings. The largest absolute Gasteiger partial charge is 0.326 e. The SMILES string of the molecule is CCCCCCCCCCCCCCCCS(=O)(=O)Nc1ccc(Cl)c(NC(=O)C(C(=O)c2c3c(n(-c4ccccc4)c2C)-c2ccccc2C3=O)N2C(=O)NC(C)(C)C2=O)c1. The molecule has 1 atom stereocenters. The number of nitrogens with zero attached hydrogens (tertiary/aromatic N) is 2. The van der Waals surface area contributed by atoms with E-state index in [1.165, 1.54) is 89.8 Å². The van der Waals surface area contributed by atoms with E-state index < -0.39 is 51.0 Å². The summed E-state index contributed by atoms with van der Waals surface area (Å²) >= 11 is 6.54. The van der Waals surface area contributed by atoms with Gasteiger partial charge < -0.3 is 15.2 Å². The van der Waals surface area contributed by atoms with E-state index >= 15 is 4.79 Å². The first kappa shape index (κ1) is 46.2. The molecular formula is C48H58ClN5O7S. The van der Waals surface area contributed by atoms with Gasteiger partial charge in [-0.25, -0.2) is 18.1 Å². The fourth-order valence-electron chi connectivity index (χ4n) is 8.49. The van der Waals surface area contributed by atoms with E-state index in [1.807, 2.05) is 30.3 Å². The van der Waals surface area contributed by atoms with Crippen LogP contribution in [0.3, 0.4) is 0 Å². The van der Waals surface area contributed by atoms with Gasteiger partial charge in [0.1, 0.15) is 5.54 Å². The number of carbonyl (C=O) groups excluding carboxylic acids is 5. The normalized spacial score (nSPS) is 14.7. The number of unbranched alkanes of at least 4 members (excludes halogenated alkanes) is 13. The van der Waals surface area contributed by atoms with E-state index in [4.69, 9.17) is 11.6 Å². The summed E-state index contributed by atoms with van der Waals surface area (Å²) in [5.41, 5.74) is 0.903. The number of hydrogen-bond donors (Lipinski definition) is 3. The first-order chi connectivity index (χ1) is 29.7. The van der Waals surface area contributed by atoms with Crippen molar-refractivity contribution in [3.8, 4) is 16.9 Å². The predicted molar refractivity (Wildman–Crippen MR) is 245 cm³/mol. The molecule has 1 aromatic heterocycles. The molecule has 1 aliphatic heterocycles. The Bertz CT molecular complexity index is 2430. The molecule has 6 rings (SSSR count). The molecule has 1 saturated heterocycles. The summed E-state index contributed by atoms with van der Waals surface area (Å²) in [5, 5.41) is 5.14. The van der Waals surface area contributed by atoms with E-state index in [2.05, 4.69) is 22.3 Å². The number of fused-ring (bicyclic) bond motifs is 3. The van der Waals surface area contributed by atoms with Crippen LogP contribution in [0, 0.1) is 6.92 Å². The number of benzene rings is 3. The lowest BCUT2D eigenvalue weighted by molar-refractivity contribution is -0.134. The molecule has 330 valence electrons. The Labute approximate surface area is 370 Å². The topological polar surface area (TPSA) is 164 Å². The van der Waals surface area contributed by atoms with Crippen LogP contribution in [0.15, 0.2) is 72.8 Å². The number of rotatable bonds is 23. The Morgan fingerprint density at radius 3 is 1.92 bits per heavy atom. The van der Waals surface area contributed by atoms with Gasteiger partial charge in [-0.05, 0) is 57.5 Å². The maximum absolute atomic E-state index is 15.1. The van der Waals surface area contributed by atoms with E-state index in [0.29, 0.717) is 39.5 Å². The van der Waals surface area contributed by atoms with Crippen LogP contribution in [-0.2, 0) is 19.6 Å². The van der Waals surface area contributed by atoms with E-state index in [1.54, 1.807) is 35.8 Å². The van der Waals surface area contributed by atoms with Crippen molar-refractivity contribution in [2.45, 2.75) is 129 Å². The maximum atomic E-state index is 15.1. The van der Waals surface area contributed by atoms with Crippen LogP contribution in [0.4, 0.5) is 16.2 Å². The Morgan fingerprint density at radius 2 is 1.34 bits per heavy atom. The monoisotopic (exact) mass is 883 g/mol. The second kappa shape index (κ2) is 20.3. The van der Waals surface area contributed by atoms with Gasteiger partial charge in [0.25, 0.3) is 11.8 Å². The minimum atomic E-state index is -3.77. The second-order valence-corrected chi connectivity index (χ2v) is 19.2. The number of aromatic nitrogens is 1.